The minimum atomic E-state index is -0.269. The Morgan fingerprint density at radius 2 is 2.09 bits per heavy atom. The number of ether oxygens (including phenoxy) is 1. The highest BCUT2D eigenvalue weighted by atomic mass is 35.5. The summed E-state index contributed by atoms with van der Waals surface area (Å²) >= 11 is 8.61. The first-order valence-corrected chi connectivity index (χ1v) is 8.62. The highest BCUT2D eigenvalue weighted by Gasteiger charge is 2.10. The lowest BCUT2D eigenvalue weighted by atomic mass is 10.3. The van der Waals surface area contributed by atoms with Crippen LogP contribution >= 0.6 is 34.3 Å². The molecule has 3 rings (SSSR count). The monoisotopic (exact) mass is 352 g/mol. The molecule has 1 aromatic carbocycles. The summed E-state index contributed by atoms with van der Waals surface area (Å²) in [6.45, 7) is 1.21. The van der Waals surface area contributed by atoms with Crippen molar-refractivity contribution in [2.75, 3.05) is 13.7 Å². The maximum absolute atomic E-state index is 12.3. The third-order valence-corrected chi connectivity index (χ3v) is 5.37. The smallest absolute Gasteiger partial charge is 0.289 e. The molecule has 1 amide bonds. The molecule has 0 aliphatic carbocycles. The average molecular weight is 353 g/mol. The summed E-state index contributed by atoms with van der Waals surface area (Å²) in [5.41, 5.74) is 1.06. The van der Waals surface area contributed by atoms with Crippen LogP contribution in [0, 0.1) is 0 Å². The van der Waals surface area contributed by atoms with Crippen LogP contribution in [0.25, 0.3) is 10.2 Å². The van der Waals surface area contributed by atoms with Crippen molar-refractivity contribution in [2.24, 2.45) is 4.99 Å². The number of benzene rings is 1. The number of carbonyl (C=O) groups excluding carboxylic acids is 1. The largest absolute Gasteiger partial charge is 0.383 e. The number of hydrogen-bond donors (Lipinski definition) is 0. The molecular weight excluding hydrogens is 340 g/mol. The molecule has 2 heterocycles. The Balaban J connectivity index is 2.08. The summed E-state index contributed by atoms with van der Waals surface area (Å²) in [6.07, 6.45) is 0. The van der Waals surface area contributed by atoms with E-state index in [2.05, 4.69) is 4.99 Å². The topological polar surface area (TPSA) is 43.6 Å². The van der Waals surface area contributed by atoms with E-state index in [0.29, 0.717) is 27.2 Å². The van der Waals surface area contributed by atoms with Crippen LogP contribution < -0.4 is 4.80 Å². The van der Waals surface area contributed by atoms with Gasteiger partial charge in [-0.05, 0) is 24.3 Å². The van der Waals surface area contributed by atoms with E-state index >= 15 is 0 Å². The van der Waals surface area contributed by atoms with Crippen LogP contribution in [0.3, 0.4) is 0 Å². The number of methoxy groups -OCH3 is 1. The molecular formula is C15H13ClN2O2S2. The Kier molecular flexibility index (Phi) is 4.73. The molecule has 0 unspecified atom stereocenters. The van der Waals surface area contributed by atoms with Crippen molar-refractivity contribution in [3.63, 3.8) is 0 Å². The van der Waals surface area contributed by atoms with Gasteiger partial charge in [-0.3, -0.25) is 4.79 Å². The van der Waals surface area contributed by atoms with Gasteiger partial charge in [0.25, 0.3) is 5.91 Å². The molecule has 7 heteroatoms. The van der Waals surface area contributed by atoms with E-state index in [1.54, 1.807) is 19.2 Å². The zero-order chi connectivity index (χ0) is 15.5. The highest BCUT2D eigenvalue weighted by Crippen LogP contribution is 2.22. The molecule has 0 aliphatic heterocycles. The van der Waals surface area contributed by atoms with Gasteiger partial charge in [0.15, 0.2) is 4.80 Å². The second-order valence-electron chi connectivity index (χ2n) is 4.52. The standard InChI is InChI=1S/C15H13ClN2O2S2/c1-20-9-8-18-10-4-2-3-5-11(10)22-15(18)17-14(19)12-6-7-13(16)21-12/h2-7H,8-9H2,1H3. The van der Waals surface area contributed by atoms with E-state index in [4.69, 9.17) is 16.3 Å². The number of carbonyl (C=O) groups is 1. The fourth-order valence-corrected chi connectivity index (χ4v) is 4.06. The van der Waals surface area contributed by atoms with Crippen LogP contribution in [0.15, 0.2) is 41.4 Å². The maximum atomic E-state index is 12.3. The Bertz CT molecular complexity index is 879. The number of halogens is 1. The minimum absolute atomic E-state index is 0.269. The van der Waals surface area contributed by atoms with Crippen molar-refractivity contribution in [3.05, 3.63) is 50.4 Å². The van der Waals surface area contributed by atoms with Crippen LogP contribution in [-0.4, -0.2) is 24.2 Å². The van der Waals surface area contributed by atoms with Crippen molar-refractivity contribution in [1.29, 1.82) is 0 Å². The maximum Gasteiger partial charge on any atom is 0.289 e. The number of thiazole rings is 1. The van der Waals surface area contributed by atoms with Crippen molar-refractivity contribution in [1.82, 2.24) is 4.57 Å². The van der Waals surface area contributed by atoms with Gasteiger partial charge >= 0.3 is 0 Å². The predicted molar refractivity (Wildman–Crippen MR) is 90.9 cm³/mol. The lowest BCUT2D eigenvalue weighted by molar-refractivity contribution is 0.100. The Hall–Kier alpha value is -1.47. The number of nitrogens with zero attached hydrogens (tertiary/aromatic N) is 2. The highest BCUT2D eigenvalue weighted by molar-refractivity contribution is 7.18. The van der Waals surface area contributed by atoms with Crippen LogP contribution in [0.5, 0.6) is 0 Å². The van der Waals surface area contributed by atoms with Crippen LogP contribution in [-0.2, 0) is 11.3 Å². The van der Waals surface area contributed by atoms with Crippen molar-refractivity contribution >= 4 is 50.4 Å². The van der Waals surface area contributed by atoms with Gasteiger partial charge < -0.3 is 9.30 Å². The Morgan fingerprint density at radius 3 is 2.82 bits per heavy atom. The van der Waals surface area contributed by atoms with Gasteiger partial charge in [0.1, 0.15) is 0 Å². The second-order valence-corrected chi connectivity index (χ2v) is 7.24. The molecule has 0 bridgehead atoms. The summed E-state index contributed by atoms with van der Waals surface area (Å²) in [7, 11) is 1.66. The van der Waals surface area contributed by atoms with E-state index in [1.165, 1.54) is 22.7 Å². The zero-order valence-corrected chi connectivity index (χ0v) is 14.2. The van der Waals surface area contributed by atoms with Gasteiger partial charge in [0.05, 0.1) is 26.0 Å². The number of hydrogen-bond acceptors (Lipinski definition) is 4. The molecule has 0 saturated heterocycles. The first-order chi connectivity index (χ1) is 10.7. The minimum Gasteiger partial charge on any atom is -0.383 e. The molecule has 3 aromatic rings. The third kappa shape index (κ3) is 3.15. The summed E-state index contributed by atoms with van der Waals surface area (Å²) < 4.78 is 8.84. The van der Waals surface area contributed by atoms with Crippen molar-refractivity contribution < 1.29 is 9.53 Å². The Labute approximate surface area is 140 Å². The van der Waals surface area contributed by atoms with Crippen LogP contribution in [0.4, 0.5) is 0 Å². The summed E-state index contributed by atoms with van der Waals surface area (Å²) in [5.74, 6) is -0.269. The number of fused-ring (bicyclic) bond motifs is 1. The molecule has 0 aliphatic rings. The van der Waals surface area contributed by atoms with Gasteiger partial charge in [-0.15, -0.1) is 11.3 Å². The fraction of sp³-hybridized carbons (Fsp3) is 0.200. The molecule has 114 valence electrons. The number of thiophene rings is 1. The predicted octanol–water partition coefficient (Wildman–Crippen LogP) is 3.81. The number of amides is 1. The molecule has 0 saturated carbocycles. The van der Waals surface area contributed by atoms with E-state index in [1.807, 2.05) is 28.8 Å². The molecule has 4 nitrogen and oxygen atoms in total. The van der Waals surface area contributed by atoms with Gasteiger partial charge in [0, 0.05) is 13.7 Å². The molecule has 0 fully saturated rings. The van der Waals surface area contributed by atoms with E-state index in [0.717, 1.165) is 10.2 Å². The summed E-state index contributed by atoms with van der Waals surface area (Å²) in [5, 5.41) is 0. The molecule has 0 radical (unpaired) electrons. The van der Waals surface area contributed by atoms with Crippen LogP contribution in [0.2, 0.25) is 4.34 Å². The first-order valence-electron chi connectivity index (χ1n) is 6.61. The molecule has 2 aromatic heterocycles. The zero-order valence-electron chi connectivity index (χ0n) is 11.8. The summed E-state index contributed by atoms with van der Waals surface area (Å²) in [6, 6.07) is 11.4. The molecule has 0 N–H and O–H groups in total. The molecule has 0 atom stereocenters. The first kappa shape index (κ1) is 15.4. The second kappa shape index (κ2) is 6.75. The summed E-state index contributed by atoms with van der Waals surface area (Å²) in [4.78, 5) is 17.8. The van der Waals surface area contributed by atoms with Crippen LogP contribution in [0.1, 0.15) is 9.67 Å². The van der Waals surface area contributed by atoms with Crippen molar-refractivity contribution in [3.8, 4) is 0 Å². The van der Waals surface area contributed by atoms with Gasteiger partial charge in [-0.2, -0.15) is 4.99 Å². The van der Waals surface area contributed by atoms with Gasteiger partial charge in [-0.1, -0.05) is 35.1 Å². The molecule has 22 heavy (non-hydrogen) atoms. The number of aromatic nitrogens is 1. The quantitative estimate of drug-likeness (QED) is 0.716. The Morgan fingerprint density at radius 1 is 1.27 bits per heavy atom. The average Bonchev–Trinajstić information content (AvgIpc) is 3.09. The third-order valence-electron chi connectivity index (χ3n) is 3.09. The fourth-order valence-electron chi connectivity index (χ4n) is 2.08. The molecule has 0 spiro atoms. The van der Waals surface area contributed by atoms with E-state index in [-0.39, 0.29) is 5.91 Å². The number of para-hydroxylation sites is 1. The van der Waals surface area contributed by atoms with Gasteiger partial charge in [-0.25, -0.2) is 0 Å². The van der Waals surface area contributed by atoms with E-state index < -0.39 is 0 Å². The SMILES string of the molecule is COCCn1c(=NC(=O)c2ccc(Cl)s2)sc2ccccc21. The van der Waals surface area contributed by atoms with Crippen molar-refractivity contribution in [2.45, 2.75) is 6.54 Å². The lowest BCUT2D eigenvalue weighted by Crippen LogP contribution is -2.19. The normalized spacial score (nSPS) is 12.2. The van der Waals surface area contributed by atoms with E-state index in [9.17, 15) is 4.79 Å². The number of rotatable bonds is 4. The lowest BCUT2D eigenvalue weighted by Gasteiger charge is -2.03. The van der Waals surface area contributed by atoms with Gasteiger partial charge in [0.2, 0.25) is 0 Å².